The van der Waals surface area contributed by atoms with Crippen LogP contribution >= 0.6 is 0 Å². The maximum atomic E-state index is 2.55. The maximum absolute atomic E-state index is 2.55. The number of fused-ring (bicyclic) bond motifs is 8. The van der Waals surface area contributed by atoms with Crippen LogP contribution in [-0.2, 0) is 11.8 Å². The first-order valence-electron chi connectivity index (χ1n) is 17.7. The van der Waals surface area contributed by atoms with Crippen molar-refractivity contribution in [1.82, 2.24) is 4.57 Å². The summed E-state index contributed by atoms with van der Waals surface area (Å²) in [4.78, 5) is 2.55. The molecule has 0 radical (unpaired) electrons. The highest BCUT2D eigenvalue weighted by Crippen LogP contribution is 2.50. The number of aromatic nitrogens is 1. The number of para-hydroxylation sites is 3. The molecule has 0 spiro atoms. The molecule has 10 rings (SSSR count). The van der Waals surface area contributed by atoms with Gasteiger partial charge in [-0.1, -0.05) is 123 Å². The van der Waals surface area contributed by atoms with E-state index in [-0.39, 0.29) is 5.41 Å². The molecule has 1 aromatic heterocycles. The summed E-state index contributed by atoms with van der Waals surface area (Å²) in [5.74, 6) is 0. The number of aryl methyl sites for hydroxylation is 1. The third kappa shape index (κ3) is 4.13. The highest BCUT2D eigenvalue weighted by Gasteiger charge is 2.35. The Morgan fingerprint density at radius 3 is 2.29 bits per heavy atom. The van der Waals surface area contributed by atoms with Gasteiger partial charge in [-0.3, -0.25) is 0 Å². The largest absolute Gasteiger partial charge is 0.309 e. The zero-order chi connectivity index (χ0) is 32.7. The lowest BCUT2D eigenvalue weighted by atomic mass is 9.75. The Hall–Kier alpha value is -5.60. The summed E-state index contributed by atoms with van der Waals surface area (Å²) in [5.41, 5.74) is 15.5. The van der Waals surface area contributed by atoms with Crippen LogP contribution in [0.1, 0.15) is 60.9 Å². The van der Waals surface area contributed by atoms with E-state index >= 15 is 0 Å². The monoisotopic (exact) mass is 630 g/mol. The Morgan fingerprint density at radius 2 is 1.39 bits per heavy atom. The molecule has 1 aliphatic heterocycles. The third-order valence-electron chi connectivity index (χ3n) is 11.2. The van der Waals surface area contributed by atoms with Gasteiger partial charge in [-0.2, -0.15) is 0 Å². The molecule has 0 N–H and O–H groups in total. The Morgan fingerprint density at radius 1 is 0.612 bits per heavy atom. The highest BCUT2D eigenvalue weighted by atomic mass is 15.1. The molecule has 2 aliphatic carbocycles. The van der Waals surface area contributed by atoms with E-state index in [1.165, 1.54) is 88.7 Å². The molecule has 49 heavy (non-hydrogen) atoms. The van der Waals surface area contributed by atoms with Crippen molar-refractivity contribution in [3.8, 4) is 5.69 Å². The maximum Gasteiger partial charge on any atom is 0.0582 e. The molecule has 6 aromatic carbocycles. The first kappa shape index (κ1) is 28.4. The number of hydrogen-bond acceptors (Lipinski definition) is 1. The molecule has 7 aromatic rings. The van der Waals surface area contributed by atoms with Gasteiger partial charge in [0.2, 0.25) is 0 Å². The smallest absolute Gasteiger partial charge is 0.0582 e. The van der Waals surface area contributed by atoms with Crippen molar-refractivity contribution in [3.63, 3.8) is 0 Å². The van der Waals surface area contributed by atoms with Crippen molar-refractivity contribution in [1.29, 1.82) is 0 Å². The minimum Gasteiger partial charge on any atom is -0.309 e. The van der Waals surface area contributed by atoms with E-state index in [1.54, 1.807) is 0 Å². The molecule has 0 bridgehead atoms. The second-order valence-corrected chi connectivity index (χ2v) is 14.3. The summed E-state index contributed by atoms with van der Waals surface area (Å²) in [7, 11) is 0. The third-order valence-corrected chi connectivity index (χ3v) is 11.2. The SMILES string of the molecule is CC1(C)c2ccccc2-n2c3ccc(N(c4ccccc4C4=CCCC=C4)c4cc5c(c6ccccc46)C=CCC5)cc3c3cccc1c32. The van der Waals surface area contributed by atoms with E-state index < -0.39 is 0 Å². The summed E-state index contributed by atoms with van der Waals surface area (Å²) in [6, 6.07) is 43.5. The van der Waals surface area contributed by atoms with Gasteiger partial charge in [-0.25, -0.2) is 0 Å². The fourth-order valence-electron chi connectivity index (χ4n) is 8.89. The fourth-order valence-corrected chi connectivity index (χ4v) is 8.89. The average Bonchev–Trinajstić information content (AvgIpc) is 3.49. The van der Waals surface area contributed by atoms with E-state index in [4.69, 9.17) is 0 Å². The molecular weight excluding hydrogens is 593 g/mol. The van der Waals surface area contributed by atoms with Crippen LogP contribution in [0.2, 0.25) is 0 Å². The van der Waals surface area contributed by atoms with Crippen molar-refractivity contribution >= 4 is 61.3 Å². The van der Waals surface area contributed by atoms with Crippen LogP contribution < -0.4 is 4.90 Å². The second-order valence-electron chi connectivity index (χ2n) is 14.3. The lowest BCUT2D eigenvalue weighted by Crippen LogP contribution is -2.26. The molecule has 0 fully saturated rings. The molecule has 0 unspecified atom stereocenters. The van der Waals surface area contributed by atoms with Crippen LogP contribution in [0, 0.1) is 0 Å². The zero-order valence-corrected chi connectivity index (χ0v) is 28.1. The quantitative estimate of drug-likeness (QED) is 0.188. The van der Waals surface area contributed by atoms with E-state index in [9.17, 15) is 0 Å². The van der Waals surface area contributed by atoms with Gasteiger partial charge in [-0.15, -0.1) is 0 Å². The predicted octanol–water partition coefficient (Wildman–Crippen LogP) is 12.7. The van der Waals surface area contributed by atoms with Crippen LogP contribution in [0.4, 0.5) is 17.1 Å². The van der Waals surface area contributed by atoms with Crippen molar-refractivity contribution < 1.29 is 0 Å². The van der Waals surface area contributed by atoms with Crippen molar-refractivity contribution in [3.05, 3.63) is 167 Å². The molecule has 0 saturated heterocycles. The first-order chi connectivity index (χ1) is 24.1. The van der Waals surface area contributed by atoms with Gasteiger partial charge in [-0.05, 0) is 95.3 Å². The summed E-state index contributed by atoms with van der Waals surface area (Å²) < 4.78 is 2.51. The molecule has 0 amide bonds. The van der Waals surface area contributed by atoms with Crippen LogP contribution in [0.3, 0.4) is 0 Å². The molecule has 0 saturated carbocycles. The minimum absolute atomic E-state index is 0.0913. The fraction of sp³-hybridized carbons (Fsp3) is 0.149. The van der Waals surface area contributed by atoms with Crippen LogP contribution in [0.15, 0.2) is 140 Å². The first-order valence-corrected chi connectivity index (χ1v) is 17.7. The van der Waals surface area contributed by atoms with Gasteiger partial charge in [0, 0.05) is 32.8 Å². The molecule has 3 aliphatic rings. The number of nitrogens with zero attached hydrogens (tertiary/aromatic N) is 2. The second kappa shape index (κ2) is 10.7. The van der Waals surface area contributed by atoms with Gasteiger partial charge >= 0.3 is 0 Å². The number of anilines is 3. The zero-order valence-electron chi connectivity index (χ0n) is 28.1. The van der Waals surface area contributed by atoms with Crippen LogP contribution in [0.25, 0.3) is 49.9 Å². The number of hydrogen-bond donors (Lipinski definition) is 0. The van der Waals surface area contributed by atoms with Crippen LogP contribution in [-0.4, -0.2) is 4.57 Å². The standard InChI is InChI=1S/C47H38N2/c1-47(2)40-23-11-13-26-44(40)49-43-28-27-33(30-39(43)38-22-14-24-41(47)46(38)49)48(42-25-12-10-19-35(42)31-15-4-3-5-16-31)45-29-32-17-6-7-18-34(32)36-20-8-9-21-37(36)45/h4,7-16,18-30H,3,5-6,17H2,1-2H3. The Kier molecular flexibility index (Phi) is 6.21. The number of benzene rings is 6. The lowest BCUT2D eigenvalue weighted by molar-refractivity contribution is 0.630. The highest BCUT2D eigenvalue weighted by molar-refractivity contribution is 6.13. The molecular formula is C47H38N2. The Labute approximate surface area is 287 Å². The number of allylic oxidation sites excluding steroid dienone is 5. The molecule has 236 valence electrons. The Bertz CT molecular complexity index is 2590. The van der Waals surface area contributed by atoms with Gasteiger partial charge in [0.25, 0.3) is 0 Å². The summed E-state index contributed by atoms with van der Waals surface area (Å²) >= 11 is 0. The minimum atomic E-state index is -0.0913. The van der Waals surface area contributed by atoms with Crippen molar-refractivity contribution in [2.45, 2.75) is 44.9 Å². The van der Waals surface area contributed by atoms with Crippen molar-refractivity contribution in [2.75, 3.05) is 4.90 Å². The van der Waals surface area contributed by atoms with E-state index in [1.807, 2.05) is 0 Å². The molecule has 0 atom stereocenters. The summed E-state index contributed by atoms with van der Waals surface area (Å²) in [5, 5.41) is 5.18. The van der Waals surface area contributed by atoms with Gasteiger partial charge < -0.3 is 9.47 Å². The van der Waals surface area contributed by atoms with E-state index in [0.717, 1.165) is 25.7 Å². The van der Waals surface area contributed by atoms with Crippen LogP contribution in [0.5, 0.6) is 0 Å². The molecule has 2 nitrogen and oxygen atoms in total. The molecule has 2 heterocycles. The normalized spacial score (nSPS) is 15.8. The summed E-state index contributed by atoms with van der Waals surface area (Å²) in [6.45, 7) is 4.74. The predicted molar refractivity (Wildman–Crippen MR) is 209 cm³/mol. The summed E-state index contributed by atoms with van der Waals surface area (Å²) in [6.07, 6.45) is 16.0. The van der Waals surface area contributed by atoms with Gasteiger partial charge in [0.05, 0.1) is 28.1 Å². The number of rotatable bonds is 4. The molecule has 2 heteroatoms. The van der Waals surface area contributed by atoms with Crippen molar-refractivity contribution in [2.24, 2.45) is 0 Å². The van der Waals surface area contributed by atoms with E-state index in [0.29, 0.717) is 0 Å². The average molecular weight is 631 g/mol. The van der Waals surface area contributed by atoms with E-state index in [2.05, 4.69) is 169 Å². The van der Waals surface area contributed by atoms with Gasteiger partial charge in [0.1, 0.15) is 0 Å². The Balaban J connectivity index is 1.29. The lowest BCUT2D eigenvalue weighted by Gasteiger charge is -2.34. The van der Waals surface area contributed by atoms with Gasteiger partial charge in [0.15, 0.2) is 0 Å². The topological polar surface area (TPSA) is 8.17 Å².